The van der Waals surface area contributed by atoms with Crippen LogP contribution in [-0.2, 0) is 11.3 Å². The predicted octanol–water partition coefficient (Wildman–Crippen LogP) is 0.851. The number of carbonyl (C=O) groups excluding carboxylic acids is 2. The van der Waals surface area contributed by atoms with Crippen molar-refractivity contribution in [2.45, 2.75) is 12.6 Å². The quantitative estimate of drug-likeness (QED) is 0.710. The summed E-state index contributed by atoms with van der Waals surface area (Å²) in [5, 5.41) is 17.0. The standard InChI is InChI=1S/C18H16N6O3/c25-17-14(11-27-15-9-5-4-8-13(15)19-17)20-18(26)16-21-23-24(22-16)10-12-6-2-1-3-7-12/h1-9,14H,10-11H2,(H,19,25)(H,20,26). The van der Waals surface area contributed by atoms with Crippen LogP contribution in [0.2, 0.25) is 0 Å². The van der Waals surface area contributed by atoms with Crippen molar-refractivity contribution in [1.82, 2.24) is 25.5 Å². The Bertz CT molecular complexity index is 972. The van der Waals surface area contributed by atoms with Gasteiger partial charge < -0.3 is 15.4 Å². The molecule has 2 aromatic carbocycles. The van der Waals surface area contributed by atoms with Crippen LogP contribution in [0.3, 0.4) is 0 Å². The molecule has 0 radical (unpaired) electrons. The summed E-state index contributed by atoms with van der Waals surface area (Å²) >= 11 is 0. The van der Waals surface area contributed by atoms with Gasteiger partial charge in [0.15, 0.2) is 0 Å². The van der Waals surface area contributed by atoms with Gasteiger partial charge in [-0.1, -0.05) is 42.5 Å². The zero-order valence-electron chi connectivity index (χ0n) is 14.2. The number of hydrogen-bond donors (Lipinski definition) is 2. The Morgan fingerprint density at radius 3 is 2.81 bits per heavy atom. The van der Waals surface area contributed by atoms with E-state index in [1.54, 1.807) is 24.3 Å². The molecule has 136 valence electrons. The molecule has 9 nitrogen and oxygen atoms in total. The maximum atomic E-state index is 12.4. The molecule has 1 aliphatic heterocycles. The number of fused-ring (bicyclic) bond motifs is 1. The summed E-state index contributed by atoms with van der Waals surface area (Å²) in [4.78, 5) is 26.0. The minimum Gasteiger partial charge on any atom is -0.489 e. The van der Waals surface area contributed by atoms with Gasteiger partial charge >= 0.3 is 0 Å². The number of carbonyl (C=O) groups is 2. The summed E-state index contributed by atoms with van der Waals surface area (Å²) in [5.74, 6) is -0.524. The summed E-state index contributed by atoms with van der Waals surface area (Å²) in [7, 11) is 0. The van der Waals surface area contributed by atoms with Gasteiger partial charge in [-0.25, -0.2) is 0 Å². The first kappa shape index (κ1) is 16.7. The van der Waals surface area contributed by atoms with Gasteiger partial charge in [0.25, 0.3) is 17.6 Å². The van der Waals surface area contributed by atoms with Crippen LogP contribution in [0.4, 0.5) is 5.69 Å². The molecule has 4 rings (SSSR count). The maximum Gasteiger partial charge on any atom is 0.293 e. The van der Waals surface area contributed by atoms with E-state index in [0.29, 0.717) is 18.0 Å². The molecule has 2 amide bonds. The van der Waals surface area contributed by atoms with Gasteiger partial charge in [-0.2, -0.15) is 4.80 Å². The monoisotopic (exact) mass is 364 g/mol. The number of rotatable bonds is 4. The average Bonchev–Trinajstić information content (AvgIpc) is 3.09. The zero-order chi connectivity index (χ0) is 18.6. The second-order valence-corrected chi connectivity index (χ2v) is 5.95. The third kappa shape index (κ3) is 3.76. The van der Waals surface area contributed by atoms with Crippen LogP contribution in [0.5, 0.6) is 5.75 Å². The molecular weight excluding hydrogens is 348 g/mol. The first-order valence-electron chi connectivity index (χ1n) is 8.34. The van der Waals surface area contributed by atoms with E-state index < -0.39 is 11.9 Å². The Hall–Kier alpha value is -3.75. The number of hydrogen-bond acceptors (Lipinski definition) is 6. The third-order valence-electron chi connectivity index (χ3n) is 3.99. The molecule has 0 saturated carbocycles. The number of amides is 2. The highest BCUT2D eigenvalue weighted by molar-refractivity contribution is 6.01. The molecule has 0 aliphatic carbocycles. The molecule has 2 N–H and O–H groups in total. The van der Waals surface area contributed by atoms with Crippen molar-refractivity contribution in [3.05, 3.63) is 66.0 Å². The van der Waals surface area contributed by atoms with Crippen molar-refractivity contribution in [3.8, 4) is 5.75 Å². The van der Waals surface area contributed by atoms with Gasteiger partial charge in [-0.15, -0.1) is 10.2 Å². The molecule has 0 fully saturated rings. The van der Waals surface area contributed by atoms with Crippen molar-refractivity contribution in [2.75, 3.05) is 11.9 Å². The molecular formula is C18H16N6O3. The number of para-hydroxylation sites is 2. The number of nitrogens with zero attached hydrogens (tertiary/aromatic N) is 4. The minimum atomic E-state index is -0.869. The summed E-state index contributed by atoms with van der Waals surface area (Å²) in [6.45, 7) is 0.399. The van der Waals surface area contributed by atoms with E-state index in [2.05, 4.69) is 26.0 Å². The molecule has 3 aromatic rings. The first-order valence-corrected chi connectivity index (χ1v) is 8.34. The molecule has 1 aromatic heterocycles. The second-order valence-electron chi connectivity index (χ2n) is 5.95. The number of aromatic nitrogens is 4. The average molecular weight is 364 g/mol. The fourth-order valence-electron chi connectivity index (χ4n) is 2.64. The first-order chi connectivity index (χ1) is 13.2. The normalized spacial score (nSPS) is 15.9. The van der Waals surface area contributed by atoms with Crippen LogP contribution in [0.1, 0.15) is 16.2 Å². The third-order valence-corrected chi connectivity index (χ3v) is 3.99. The molecule has 9 heteroatoms. The molecule has 0 saturated heterocycles. The SMILES string of the molecule is O=C(NC1COc2ccccc2NC1=O)c1nnn(Cc2ccccc2)n1. The van der Waals surface area contributed by atoms with E-state index >= 15 is 0 Å². The summed E-state index contributed by atoms with van der Waals surface area (Å²) in [6.07, 6.45) is 0. The lowest BCUT2D eigenvalue weighted by molar-refractivity contribution is -0.118. The van der Waals surface area contributed by atoms with E-state index in [4.69, 9.17) is 4.74 Å². The van der Waals surface area contributed by atoms with Gasteiger partial charge in [-0.05, 0) is 22.9 Å². The Balaban J connectivity index is 1.41. The Labute approximate surface area is 154 Å². The molecule has 27 heavy (non-hydrogen) atoms. The maximum absolute atomic E-state index is 12.4. The lowest BCUT2D eigenvalue weighted by Gasteiger charge is -2.13. The van der Waals surface area contributed by atoms with E-state index in [1.807, 2.05) is 30.3 Å². The van der Waals surface area contributed by atoms with Gasteiger partial charge in [0, 0.05) is 0 Å². The Morgan fingerprint density at radius 1 is 1.19 bits per heavy atom. The molecule has 2 heterocycles. The number of nitrogens with one attached hydrogen (secondary N) is 2. The number of benzene rings is 2. The predicted molar refractivity (Wildman–Crippen MR) is 95.2 cm³/mol. The number of ether oxygens (including phenoxy) is 1. The minimum absolute atomic E-state index is 0.00669. The van der Waals surface area contributed by atoms with Crippen molar-refractivity contribution in [2.24, 2.45) is 0 Å². The summed E-state index contributed by atoms with van der Waals surface area (Å²) in [5.41, 5.74) is 1.54. The Kier molecular flexibility index (Phi) is 4.48. The smallest absolute Gasteiger partial charge is 0.293 e. The van der Waals surface area contributed by atoms with Gasteiger partial charge in [0.1, 0.15) is 18.4 Å². The molecule has 0 bridgehead atoms. The van der Waals surface area contributed by atoms with Crippen molar-refractivity contribution in [1.29, 1.82) is 0 Å². The zero-order valence-corrected chi connectivity index (χ0v) is 14.2. The van der Waals surface area contributed by atoms with Crippen LogP contribution < -0.4 is 15.4 Å². The van der Waals surface area contributed by atoms with Crippen LogP contribution in [0.25, 0.3) is 0 Å². The van der Waals surface area contributed by atoms with E-state index in [1.165, 1.54) is 4.80 Å². The van der Waals surface area contributed by atoms with E-state index in [-0.39, 0.29) is 18.3 Å². The summed E-state index contributed by atoms with van der Waals surface area (Å²) in [6, 6.07) is 15.8. The van der Waals surface area contributed by atoms with Crippen LogP contribution in [0, 0.1) is 0 Å². The molecule has 1 unspecified atom stereocenters. The fraction of sp³-hybridized carbons (Fsp3) is 0.167. The van der Waals surface area contributed by atoms with Crippen LogP contribution >= 0.6 is 0 Å². The van der Waals surface area contributed by atoms with Crippen molar-refractivity contribution in [3.63, 3.8) is 0 Å². The molecule has 0 spiro atoms. The number of tetrazole rings is 1. The highest BCUT2D eigenvalue weighted by Gasteiger charge is 2.27. The molecule has 1 aliphatic rings. The second kappa shape index (κ2) is 7.24. The Morgan fingerprint density at radius 2 is 1.96 bits per heavy atom. The number of anilines is 1. The van der Waals surface area contributed by atoms with Crippen LogP contribution in [0.15, 0.2) is 54.6 Å². The van der Waals surface area contributed by atoms with E-state index in [0.717, 1.165) is 5.56 Å². The van der Waals surface area contributed by atoms with Crippen molar-refractivity contribution < 1.29 is 14.3 Å². The summed E-state index contributed by atoms with van der Waals surface area (Å²) < 4.78 is 5.59. The van der Waals surface area contributed by atoms with Gasteiger partial charge in [-0.3, -0.25) is 9.59 Å². The van der Waals surface area contributed by atoms with Crippen molar-refractivity contribution >= 4 is 17.5 Å². The highest BCUT2D eigenvalue weighted by atomic mass is 16.5. The van der Waals surface area contributed by atoms with Gasteiger partial charge in [0.2, 0.25) is 0 Å². The molecule has 1 atom stereocenters. The lowest BCUT2D eigenvalue weighted by Crippen LogP contribution is -2.46. The largest absolute Gasteiger partial charge is 0.489 e. The van der Waals surface area contributed by atoms with Gasteiger partial charge in [0.05, 0.1) is 12.2 Å². The lowest BCUT2D eigenvalue weighted by atomic mass is 10.2. The highest BCUT2D eigenvalue weighted by Crippen LogP contribution is 2.26. The van der Waals surface area contributed by atoms with Crippen LogP contribution in [-0.4, -0.2) is 44.7 Å². The topological polar surface area (TPSA) is 111 Å². The fourth-order valence-corrected chi connectivity index (χ4v) is 2.64. The van der Waals surface area contributed by atoms with E-state index in [9.17, 15) is 9.59 Å².